The van der Waals surface area contributed by atoms with E-state index >= 15 is 0 Å². The third-order valence-corrected chi connectivity index (χ3v) is 4.46. The highest BCUT2D eigenvalue weighted by molar-refractivity contribution is 8.01. The van der Waals surface area contributed by atoms with E-state index in [9.17, 15) is 9.59 Å². The number of nitrogens with two attached hydrogens (primary N) is 1. The summed E-state index contributed by atoms with van der Waals surface area (Å²) >= 11 is 2.44. The zero-order valence-electron chi connectivity index (χ0n) is 12.4. The molecule has 9 heteroatoms. The number of ether oxygens (including phenoxy) is 2. The van der Waals surface area contributed by atoms with Crippen molar-refractivity contribution in [2.75, 3.05) is 18.1 Å². The van der Waals surface area contributed by atoms with E-state index in [1.54, 1.807) is 31.2 Å². The third-order valence-electron chi connectivity index (χ3n) is 2.60. The molecule has 0 aliphatic heterocycles. The van der Waals surface area contributed by atoms with Crippen molar-refractivity contribution < 1.29 is 19.1 Å². The molecule has 0 saturated heterocycles. The number of nitrogens with zero attached hydrogens (tertiary/aromatic N) is 2. The summed E-state index contributed by atoms with van der Waals surface area (Å²) in [7, 11) is 0. The van der Waals surface area contributed by atoms with Crippen LogP contribution in [0, 0.1) is 0 Å². The van der Waals surface area contributed by atoms with Crippen LogP contribution in [0.2, 0.25) is 0 Å². The molecule has 0 aliphatic carbocycles. The lowest BCUT2D eigenvalue weighted by Gasteiger charge is -2.05. The van der Waals surface area contributed by atoms with Crippen LogP contribution in [0.4, 0.5) is 5.13 Å². The summed E-state index contributed by atoms with van der Waals surface area (Å²) < 4.78 is 10.7. The number of rotatable bonds is 7. The summed E-state index contributed by atoms with van der Waals surface area (Å²) in [4.78, 5) is 23.2. The molecule has 1 heterocycles. The van der Waals surface area contributed by atoms with Crippen molar-refractivity contribution in [1.82, 2.24) is 10.2 Å². The normalized spacial score (nSPS) is 10.3. The van der Waals surface area contributed by atoms with Crippen LogP contribution in [-0.4, -0.2) is 34.5 Å². The largest absolute Gasteiger partial charge is 0.462 e. The number of esters is 2. The minimum atomic E-state index is -0.372. The minimum Gasteiger partial charge on any atom is -0.462 e. The maximum Gasteiger partial charge on any atom is 0.338 e. The number of thioether (sulfide) groups is 1. The predicted octanol–water partition coefficient (Wildman–Crippen LogP) is 2.13. The van der Waals surface area contributed by atoms with Gasteiger partial charge in [0.25, 0.3) is 0 Å². The number of hydrogen-bond acceptors (Lipinski definition) is 9. The topological polar surface area (TPSA) is 104 Å². The molecular weight excluding hydrogens is 338 g/mol. The van der Waals surface area contributed by atoms with Gasteiger partial charge in [-0.1, -0.05) is 35.2 Å². The molecule has 1 aromatic heterocycles. The first kappa shape index (κ1) is 17.2. The van der Waals surface area contributed by atoms with Crippen LogP contribution in [0.25, 0.3) is 0 Å². The van der Waals surface area contributed by atoms with Gasteiger partial charge in [-0.2, -0.15) is 0 Å². The van der Waals surface area contributed by atoms with Gasteiger partial charge in [0.2, 0.25) is 5.13 Å². The summed E-state index contributed by atoms with van der Waals surface area (Å²) in [6, 6.07) is 6.72. The number of aromatic nitrogens is 2. The number of nitrogen functional groups attached to an aromatic ring is 1. The summed E-state index contributed by atoms with van der Waals surface area (Å²) in [5, 5.41) is 7.82. The highest BCUT2D eigenvalue weighted by Gasteiger charge is 2.09. The Labute approximate surface area is 141 Å². The fourth-order valence-corrected chi connectivity index (χ4v) is 2.99. The molecule has 23 heavy (non-hydrogen) atoms. The molecule has 0 saturated carbocycles. The van der Waals surface area contributed by atoms with Crippen molar-refractivity contribution in [2.24, 2.45) is 0 Å². The molecular formula is C14H15N3O4S2. The molecule has 0 unspecified atom stereocenters. The summed E-state index contributed by atoms with van der Waals surface area (Å²) in [5.41, 5.74) is 6.71. The van der Waals surface area contributed by atoms with Crippen LogP contribution >= 0.6 is 23.1 Å². The molecule has 0 radical (unpaired) electrons. The second-order valence-electron chi connectivity index (χ2n) is 4.27. The van der Waals surface area contributed by atoms with Crippen molar-refractivity contribution in [3.63, 3.8) is 0 Å². The van der Waals surface area contributed by atoms with Gasteiger partial charge in [0.1, 0.15) is 6.61 Å². The van der Waals surface area contributed by atoms with Crippen molar-refractivity contribution >= 4 is 40.2 Å². The zero-order valence-corrected chi connectivity index (χ0v) is 14.0. The van der Waals surface area contributed by atoms with Crippen molar-refractivity contribution in [3.05, 3.63) is 35.4 Å². The molecule has 7 nitrogen and oxygen atoms in total. The van der Waals surface area contributed by atoms with Gasteiger partial charge in [0, 0.05) is 0 Å². The smallest absolute Gasteiger partial charge is 0.338 e. The van der Waals surface area contributed by atoms with Crippen LogP contribution in [0.5, 0.6) is 0 Å². The van der Waals surface area contributed by atoms with Gasteiger partial charge in [-0.25, -0.2) is 4.79 Å². The number of hydrogen-bond donors (Lipinski definition) is 1. The Morgan fingerprint density at radius 1 is 1.22 bits per heavy atom. The van der Waals surface area contributed by atoms with Gasteiger partial charge in [0.15, 0.2) is 4.34 Å². The fraction of sp³-hybridized carbons (Fsp3) is 0.286. The molecule has 0 bridgehead atoms. The Balaban J connectivity index is 1.76. The van der Waals surface area contributed by atoms with Gasteiger partial charge < -0.3 is 15.2 Å². The number of benzene rings is 1. The van der Waals surface area contributed by atoms with Gasteiger partial charge in [0.05, 0.1) is 17.9 Å². The Morgan fingerprint density at radius 3 is 2.57 bits per heavy atom. The van der Waals surface area contributed by atoms with Gasteiger partial charge >= 0.3 is 11.9 Å². The van der Waals surface area contributed by atoms with E-state index in [-0.39, 0.29) is 24.3 Å². The lowest BCUT2D eigenvalue weighted by Crippen LogP contribution is -2.08. The molecule has 0 atom stereocenters. The van der Waals surface area contributed by atoms with Crippen LogP contribution in [0.3, 0.4) is 0 Å². The maximum absolute atomic E-state index is 11.7. The highest BCUT2D eigenvalue weighted by Crippen LogP contribution is 2.23. The van der Waals surface area contributed by atoms with E-state index in [4.69, 9.17) is 15.2 Å². The summed E-state index contributed by atoms with van der Waals surface area (Å²) in [6.45, 7) is 2.22. The van der Waals surface area contributed by atoms with E-state index in [1.165, 1.54) is 23.1 Å². The first-order valence-electron chi connectivity index (χ1n) is 6.72. The summed E-state index contributed by atoms with van der Waals surface area (Å²) in [5.74, 6) is -0.600. The monoisotopic (exact) mass is 353 g/mol. The van der Waals surface area contributed by atoms with Crippen molar-refractivity contribution in [2.45, 2.75) is 17.9 Å². The van der Waals surface area contributed by atoms with E-state index in [1.807, 2.05) is 0 Å². The Hall–Kier alpha value is -2.13. The average Bonchev–Trinajstić information content (AvgIpc) is 2.97. The highest BCUT2D eigenvalue weighted by atomic mass is 32.2. The minimum absolute atomic E-state index is 0.134. The molecule has 0 spiro atoms. The molecule has 0 aliphatic rings. The molecule has 1 aromatic carbocycles. The second-order valence-corrected chi connectivity index (χ2v) is 6.50. The molecule has 0 amide bonds. The number of anilines is 1. The van der Waals surface area contributed by atoms with Crippen LogP contribution in [0.15, 0.2) is 28.6 Å². The average molecular weight is 353 g/mol. The number of carbonyl (C=O) groups excluding carboxylic acids is 2. The lowest BCUT2D eigenvalue weighted by molar-refractivity contribution is -0.141. The Kier molecular flexibility index (Phi) is 6.36. The first-order chi connectivity index (χ1) is 11.1. The van der Waals surface area contributed by atoms with Crippen molar-refractivity contribution in [1.29, 1.82) is 0 Å². The van der Waals surface area contributed by atoms with E-state index in [0.717, 1.165) is 5.56 Å². The molecule has 0 fully saturated rings. The number of carbonyl (C=O) groups is 2. The summed E-state index contributed by atoms with van der Waals surface area (Å²) in [6.07, 6.45) is 0. The van der Waals surface area contributed by atoms with E-state index in [2.05, 4.69) is 10.2 Å². The predicted molar refractivity (Wildman–Crippen MR) is 87.2 cm³/mol. The Morgan fingerprint density at radius 2 is 1.96 bits per heavy atom. The molecule has 122 valence electrons. The lowest BCUT2D eigenvalue weighted by atomic mass is 10.1. The first-order valence-corrected chi connectivity index (χ1v) is 8.52. The van der Waals surface area contributed by atoms with Crippen LogP contribution < -0.4 is 5.73 Å². The second kappa shape index (κ2) is 8.49. The van der Waals surface area contributed by atoms with Crippen LogP contribution in [-0.2, 0) is 20.9 Å². The van der Waals surface area contributed by atoms with Crippen molar-refractivity contribution in [3.8, 4) is 0 Å². The SMILES string of the molecule is CCOC(=O)c1ccc(COC(=O)CSc2nnc(N)s2)cc1. The maximum atomic E-state index is 11.7. The van der Waals surface area contributed by atoms with Gasteiger partial charge in [-0.15, -0.1) is 10.2 Å². The van der Waals surface area contributed by atoms with E-state index in [0.29, 0.717) is 21.6 Å². The third kappa shape index (κ3) is 5.53. The Bertz CT molecular complexity index is 673. The quantitative estimate of drug-likeness (QED) is 0.596. The zero-order chi connectivity index (χ0) is 16.7. The standard InChI is InChI=1S/C14H15N3O4S2/c1-2-20-12(19)10-5-3-9(4-6-10)7-21-11(18)8-22-14-17-16-13(15)23-14/h3-6H,2,7-8H2,1H3,(H2,15,16). The van der Waals surface area contributed by atoms with Crippen LogP contribution in [0.1, 0.15) is 22.8 Å². The van der Waals surface area contributed by atoms with Gasteiger partial charge in [-0.3, -0.25) is 4.79 Å². The van der Waals surface area contributed by atoms with Gasteiger partial charge in [-0.05, 0) is 24.6 Å². The van der Waals surface area contributed by atoms with E-state index < -0.39 is 0 Å². The fourth-order valence-electron chi connectivity index (χ4n) is 1.56. The molecule has 2 aromatic rings. The molecule has 2 N–H and O–H groups in total. The molecule has 2 rings (SSSR count).